The summed E-state index contributed by atoms with van der Waals surface area (Å²) in [7, 11) is 3.21. The fraction of sp³-hybridized carbons (Fsp3) is 0.455. The van der Waals surface area contributed by atoms with Crippen LogP contribution in [0.4, 0.5) is 0 Å². The first-order valence-corrected chi connectivity index (χ1v) is 10.6. The lowest BCUT2D eigenvalue weighted by atomic mass is 9.87. The molecule has 1 saturated heterocycles. The van der Waals surface area contributed by atoms with E-state index in [9.17, 15) is 9.59 Å². The van der Waals surface area contributed by atoms with Gasteiger partial charge in [0.2, 0.25) is 5.91 Å². The summed E-state index contributed by atoms with van der Waals surface area (Å²) < 4.78 is 10.9. The molecule has 2 heterocycles. The largest absolute Gasteiger partial charge is 0.497 e. The van der Waals surface area contributed by atoms with E-state index in [1.807, 2.05) is 35.7 Å². The van der Waals surface area contributed by atoms with Gasteiger partial charge in [0.1, 0.15) is 11.5 Å². The average Bonchev–Trinajstić information content (AvgIpc) is 3.41. The van der Waals surface area contributed by atoms with Crippen molar-refractivity contribution in [1.29, 1.82) is 0 Å². The first-order chi connectivity index (χ1) is 13.9. The van der Waals surface area contributed by atoms with E-state index in [4.69, 9.17) is 9.47 Å². The second-order valence-electron chi connectivity index (χ2n) is 7.65. The summed E-state index contributed by atoms with van der Waals surface area (Å²) in [6.07, 6.45) is 0. The highest BCUT2D eigenvalue weighted by atomic mass is 32.1. The molecule has 1 aliphatic heterocycles. The molecule has 2 amide bonds. The van der Waals surface area contributed by atoms with Crippen LogP contribution in [-0.2, 0) is 4.79 Å². The first kappa shape index (κ1) is 21.2. The zero-order chi connectivity index (χ0) is 21.0. The number of nitrogens with zero attached hydrogens (tertiary/aromatic N) is 1. The summed E-state index contributed by atoms with van der Waals surface area (Å²) in [4.78, 5) is 28.4. The highest BCUT2D eigenvalue weighted by Gasteiger charge is 2.42. The van der Waals surface area contributed by atoms with Gasteiger partial charge in [0, 0.05) is 37.2 Å². The lowest BCUT2D eigenvalue weighted by Crippen LogP contribution is -2.37. The topological polar surface area (TPSA) is 67.9 Å². The van der Waals surface area contributed by atoms with E-state index in [0.717, 1.165) is 5.56 Å². The second kappa shape index (κ2) is 9.31. The zero-order valence-electron chi connectivity index (χ0n) is 17.3. The first-order valence-electron chi connectivity index (χ1n) is 9.77. The predicted octanol–water partition coefficient (Wildman–Crippen LogP) is 3.39. The maximum absolute atomic E-state index is 13.0. The van der Waals surface area contributed by atoms with Gasteiger partial charge in [-0.1, -0.05) is 26.0 Å². The van der Waals surface area contributed by atoms with Gasteiger partial charge in [-0.25, -0.2) is 0 Å². The number of thiophene rings is 1. The molecule has 7 heteroatoms. The van der Waals surface area contributed by atoms with Crippen LogP contribution in [0.15, 0.2) is 35.7 Å². The van der Waals surface area contributed by atoms with E-state index >= 15 is 0 Å². The number of likely N-dealkylation sites (tertiary alicyclic amines) is 1. The molecule has 0 aliphatic carbocycles. The minimum atomic E-state index is -0.333. The lowest BCUT2D eigenvalue weighted by Gasteiger charge is -2.21. The van der Waals surface area contributed by atoms with Crippen LogP contribution in [0, 0.1) is 11.8 Å². The monoisotopic (exact) mass is 416 g/mol. The van der Waals surface area contributed by atoms with Crippen molar-refractivity contribution in [3.63, 3.8) is 0 Å². The highest BCUT2D eigenvalue weighted by molar-refractivity contribution is 7.12. The fourth-order valence-electron chi connectivity index (χ4n) is 3.67. The Hall–Kier alpha value is -2.54. The molecule has 6 nitrogen and oxygen atoms in total. The van der Waals surface area contributed by atoms with Crippen LogP contribution in [-0.4, -0.2) is 50.6 Å². The maximum atomic E-state index is 13.0. The molecule has 2 atom stereocenters. The molecule has 156 valence electrons. The maximum Gasteiger partial charge on any atom is 0.263 e. The van der Waals surface area contributed by atoms with Crippen molar-refractivity contribution in [2.75, 3.05) is 33.9 Å². The van der Waals surface area contributed by atoms with Crippen LogP contribution in [0.5, 0.6) is 11.5 Å². The van der Waals surface area contributed by atoms with Crippen molar-refractivity contribution in [3.05, 3.63) is 46.2 Å². The number of nitrogens with one attached hydrogen (secondary N) is 1. The third-order valence-corrected chi connectivity index (χ3v) is 6.06. The Morgan fingerprint density at radius 3 is 2.62 bits per heavy atom. The van der Waals surface area contributed by atoms with Gasteiger partial charge in [0.15, 0.2) is 0 Å². The average molecular weight is 417 g/mol. The van der Waals surface area contributed by atoms with Crippen molar-refractivity contribution >= 4 is 23.2 Å². The van der Waals surface area contributed by atoms with Crippen LogP contribution < -0.4 is 14.8 Å². The number of methoxy groups -OCH3 is 2. The third kappa shape index (κ3) is 4.72. The molecule has 1 aliphatic rings. The smallest absolute Gasteiger partial charge is 0.263 e. The predicted molar refractivity (Wildman–Crippen MR) is 114 cm³/mol. The van der Waals surface area contributed by atoms with E-state index in [-0.39, 0.29) is 23.7 Å². The number of carbonyl (C=O) groups excluding carboxylic acids is 2. The molecule has 0 spiro atoms. The van der Waals surface area contributed by atoms with Gasteiger partial charge in [-0.05, 0) is 23.4 Å². The van der Waals surface area contributed by atoms with Crippen LogP contribution in [0.2, 0.25) is 0 Å². The zero-order valence-corrected chi connectivity index (χ0v) is 18.1. The van der Waals surface area contributed by atoms with Crippen molar-refractivity contribution in [2.24, 2.45) is 11.8 Å². The van der Waals surface area contributed by atoms with Crippen molar-refractivity contribution < 1.29 is 19.1 Å². The number of hydrogen-bond donors (Lipinski definition) is 1. The Labute approximate surface area is 175 Å². The van der Waals surface area contributed by atoms with Gasteiger partial charge < -0.3 is 19.7 Å². The molecule has 2 unspecified atom stereocenters. The summed E-state index contributed by atoms with van der Waals surface area (Å²) >= 11 is 1.42. The molecule has 1 N–H and O–H groups in total. The molecule has 1 fully saturated rings. The molecule has 1 aromatic heterocycles. The molecule has 29 heavy (non-hydrogen) atoms. The molecule has 2 aromatic rings. The minimum absolute atomic E-state index is 0.0250. The van der Waals surface area contributed by atoms with E-state index in [0.29, 0.717) is 41.9 Å². The molecular weight excluding hydrogens is 388 g/mol. The van der Waals surface area contributed by atoms with Crippen molar-refractivity contribution in [2.45, 2.75) is 19.8 Å². The van der Waals surface area contributed by atoms with E-state index in [1.165, 1.54) is 11.3 Å². The summed E-state index contributed by atoms with van der Waals surface area (Å²) in [5.74, 6) is 1.18. The van der Waals surface area contributed by atoms with Gasteiger partial charge in [0.05, 0.1) is 25.0 Å². The Morgan fingerprint density at radius 1 is 1.21 bits per heavy atom. The van der Waals surface area contributed by atoms with Gasteiger partial charge in [-0.3, -0.25) is 9.59 Å². The Balaban J connectivity index is 1.90. The summed E-state index contributed by atoms with van der Waals surface area (Å²) in [5.41, 5.74) is 0.916. The molecule has 3 rings (SSSR count). The van der Waals surface area contributed by atoms with Crippen molar-refractivity contribution in [1.82, 2.24) is 10.2 Å². The van der Waals surface area contributed by atoms with E-state index in [1.54, 1.807) is 19.1 Å². The fourth-order valence-corrected chi connectivity index (χ4v) is 4.36. The summed E-state index contributed by atoms with van der Waals surface area (Å²) in [5, 5.41) is 4.93. The number of carbonyl (C=O) groups is 2. The molecular formula is C22H28N2O4S. The van der Waals surface area contributed by atoms with Crippen molar-refractivity contribution in [3.8, 4) is 11.5 Å². The van der Waals surface area contributed by atoms with E-state index in [2.05, 4.69) is 19.2 Å². The minimum Gasteiger partial charge on any atom is -0.497 e. The highest BCUT2D eigenvalue weighted by Crippen LogP contribution is 2.40. The van der Waals surface area contributed by atoms with Gasteiger partial charge in [-0.15, -0.1) is 11.3 Å². The van der Waals surface area contributed by atoms with Crippen LogP contribution in [0.1, 0.15) is 35.0 Å². The lowest BCUT2D eigenvalue weighted by molar-refractivity contribution is -0.125. The molecule has 0 saturated carbocycles. The summed E-state index contributed by atoms with van der Waals surface area (Å²) in [6, 6.07) is 9.31. The Kier molecular flexibility index (Phi) is 6.79. The van der Waals surface area contributed by atoms with Crippen LogP contribution in [0.25, 0.3) is 0 Å². The SMILES string of the molecule is COc1ccc(C2CN(C(=O)c3cccs3)CC2C(=O)NCC(C)C)c(OC)c1. The van der Waals surface area contributed by atoms with Gasteiger partial charge in [0.25, 0.3) is 5.91 Å². The number of rotatable bonds is 7. The number of hydrogen-bond acceptors (Lipinski definition) is 5. The number of ether oxygens (including phenoxy) is 2. The van der Waals surface area contributed by atoms with Gasteiger partial charge in [-0.2, -0.15) is 0 Å². The Morgan fingerprint density at radius 2 is 2.00 bits per heavy atom. The Bertz CT molecular complexity index is 851. The molecule has 1 aromatic carbocycles. The summed E-state index contributed by atoms with van der Waals surface area (Å²) in [6.45, 7) is 5.59. The van der Waals surface area contributed by atoms with E-state index < -0.39 is 0 Å². The molecule has 0 radical (unpaired) electrons. The standard InChI is InChI=1S/C22H28N2O4S/c1-14(2)11-23-21(25)18-13-24(22(26)20-6-5-9-29-20)12-17(18)16-8-7-15(27-3)10-19(16)28-4/h5-10,14,17-18H,11-13H2,1-4H3,(H,23,25). The second-order valence-corrected chi connectivity index (χ2v) is 8.59. The van der Waals surface area contributed by atoms with Crippen LogP contribution >= 0.6 is 11.3 Å². The number of amides is 2. The molecule has 0 bridgehead atoms. The van der Waals surface area contributed by atoms with Gasteiger partial charge >= 0.3 is 0 Å². The number of benzene rings is 1. The quantitative estimate of drug-likeness (QED) is 0.751. The third-order valence-electron chi connectivity index (χ3n) is 5.20. The van der Waals surface area contributed by atoms with Crippen LogP contribution in [0.3, 0.4) is 0 Å². The normalized spacial score (nSPS) is 18.7.